The van der Waals surface area contributed by atoms with Gasteiger partial charge in [-0.05, 0) is 35.2 Å². The normalized spacial score (nSPS) is 11.8. The van der Waals surface area contributed by atoms with Crippen LogP contribution in [-0.4, -0.2) is 63.8 Å². The van der Waals surface area contributed by atoms with E-state index in [9.17, 15) is 13.2 Å². The minimum atomic E-state index is -3.62. The number of rotatable bonds is 11. The molecule has 3 N–H and O–H groups in total. The van der Waals surface area contributed by atoms with Crippen LogP contribution in [0.1, 0.15) is 36.8 Å². The molecule has 3 aromatic heterocycles. The lowest BCUT2D eigenvalue weighted by atomic mass is 9.86. The first-order valence-corrected chi connectivity index (χ1v) is 15.9. The molecule has 0 atom stereocenters. The lowest BCUT2D eigenvalue weighted by molar-refractivity contribution is 0.101. The van der Waals surface area contributed by atoms with E-state index < -0.39 is 15.9 Å². The summed E-state index contributed by atoms with van der Waals surface area (Å²) < 4.78 is 41.9. The first kappa shape index (κ1) is 31.3. The van der Waals surface area contributed by atoms with Crippen molar-refractivity contribution in [3.05, 3.63) is 72.3 Å². The maximum absolute atomic E-state index is 13.7. The predicted molar refractivity (Wildman–Crippen MR) is 172 cm³/mol. The highest BCUT2D eigenvalue weighted by Crippen LogP contribution is 2.40. The Kier molecular flexibility index (Phi) is 8.64. The number of methoxy groups -OCH3 is 1. The standard InChI is InChI=1S/C30H35N9O5S/c1-30(2,3)20-17-21(27(43-5)22(18-20)36-45(6,41)42)34-28(40)23-16-19-8-7-9-24(26(19)38(23)4)44-25-10-11-31-29(35-25)32-12-14-39-15-13-33-37-39/h7-11,13,15-18,36H,12,14H2,1-6H3,(H,34,40)(H,31,32,35). The predicted octanol–water partition coefficient (Wildman–Crippen LogP) is 4.39. The molecule has 0 aliphatic rings. The van der Waals surface area contributed by atoms with Crippen LogP contribution in [0.2, 0.25) is 0 Å². The number of fused-ring (bicyclic) bond motifs is 1. The summed E-state index contributed by atoms with van der Waals surface area (Å²) in [5.74, 6) is 0.980. The van der Waals surface area contributed by atoms with Crippen molar-refractivity contribution in [2.24, 2.45) is 7.05 Å². The van der Waals surface area contributed by atoms with Crippen molar-refractivity contribution in [3.63, 3.8) is 0 Å². The van der Waals surface area contributed by atoms with Crippen LogP contribution < -0.4 is 24.8 Å². The number of nitrogens with zero attached hydrogens (tertiary/aromatic N) is 6. The Morgan fingerprint density at radius 1 is 1.07 bits per heavy atom. The van der Waals surface area contributed by atoms with Crippen molar-refractivity contribution in [2.75, 3.05) is 35.3 Å². The zero-order valence-electron chi connectivity index (χ0n) is 25.8. The topological polar surface area (TPSA) is 167 Å². The number of anilines is 3. The number of para-hydroxylation sites is 1. The van der Waals surface area contributed by atoms with Crippen LogP contribution in [0.5, 0.6) is 17.4 Å². The van der Waals surface area contributed by atoms with Crippen LogP contribution >= 0.6 is 0 Å². The number of aromatic nitrogens is 6. The Labute approximate surface area is 260 Å². The lowest BCUT2D eigenvalue weighted by Crippen LogP contribution is -2.19. The molecular weight excluding hydrogens is 598 g/mol. The van der Waals surface area contributed by atoms with Crippen molar-refractivity contribution in [1.82, 2.24) is 29.5 Å². The summed E-state index contributed by atoms with van der Waals surface area (Å²) in [6.45, 7) is 7.10. The summed E-state index contributed by atoms with van der Waals surface area (Å²) in [4.78, 5) is 22.4. The summed E-state index contributed by atoms with van der Waals surface area (Å²) in [6, 6.07) is 12.4. The largest absolute Gasteiger partial charge is 0.492 e. The van der Waals surface area contributed by atoms with Crippen molar-refractivity contribution in [1.29, 1.82) is 0 Å². The van der Waals surface area contributed by atoms with Gasteiger partial charge < -0.3 is 24.7 Å². The van der Waals surface area contributed by atoms with Crippen molar-refractivity contribution in [3.8, 4) is 17.4 Å². The van der Waals surface area contributed by atoms with Gasteiger partial charge in [-0.3, -0.25) is 14.2 Å². The number of hydrogen-bond donors (Lipinski definition) is 3. The third kappa shape index (κ3) is 7.32. The van der Waals surface area contributed by atoms with E-state index in [1.165, 1.54) is 7.11 Å². The monoisotopic (exact) mass is 633 g/mol. The zero-order chi connectivity index (χ0) is 32.4. The quantitative estimate of drug-likeness (QED) is 0.190. The minimum Gasteiger partial charge on any atom is -0.492 e. The van der Waals surface area contributed by atoms with Crippen molar-refractivity contribution < 1.29 is 22.7 Å². The second-order valence-corrected chi connectivity index (χ2v) is 13.1. The first-order chi connectivity index (χ1) is 21.3. The maximum Gasteiger partial charge on any atom is 0.272 e. The molecule has 0 unspecified atom stereocenters. The molecule has 14 nitrogen and oxygen atoms in total. The summed E-state index contributed by atoms with van der Waals surface area (Å²) in [5, 5.41) is 14.6. The summed E-state index contributed by atoms with van der Waals surface area (Å²) in [5.41, 5.74) is 2.03. The van der Waals surface area contributed by atoms with Gasteiger partial charge in [0.25, 0.3) is 5.91 Å². The number of amides is 1. The molecule has 0 spiro atoms. The molecule has 45 heavy (non-hydrogen) atoms. The fourth-order valence-electron chi connectivity index (χ4n) is 4.75. The molecule has 5 aromatic rings. The van der Waals surface area contributed by atoms with E-state index in [2.05, 4.69) is 35.6 Å². The van der Waals surface area contributed by atoms with Gasteiger partial charge in [-0.25, -0.2) is 13.4 Å². The number of aryl methyl sites for hydroxylation is 1. The van der Waals surface area contributed by atoms with E-state index in [0.29, 0.717) is 47.6 Å². The van der Waals surface area contributed by atoms with Gasteiger partial charge in [0.2, 0.25) is 21.9 Å². The Morgan fingerprint density at radius 2 is 1.84 bits per heavy atom. The molecule has 0 saturated heterocycles. The highest BCUT2D eigenvalue weighted by Gasteiger charge is 2.24. The van der Waals surface area contributed by atoms with Crippen LogP contribution in [-0.2, 0) is 29.0 Å². The molecule has 5 rings (SSSR count). The van der Waals surface area contributed by atoms with Gasteiger partial charge in [0.15, 0.2) is 11.5 Å². The third-order valence-electron chi connectivity index (χ3n) is 6.89. The first-order valence-electron chi connectivity index (χ1n) is 14.0. The second-order valence-electron chi connectivity index (χ2n) is 11.4. The van der Waals surface area contributed by atoms with Crippen LogP contribution in [0.25, 0.3) is 10.9 Å². The third-order valence-corrected chi connectivity index (χ3v) is 7.49. The van der Waals surface area contributed by atoms with E-state index in [1.807, 2.05) is 32.9 Å². The Balaban J connectivity index is 1.42. The van der Waals surface area contributed by atoms with Gasteiger partial charge in [0.05, 0.1) is 43.0 Å². The van der Waals surface area contributed by atoms with Crippen molar-refractivity contribution >= 4 is 44.2 Å². The maximum atomic E-state index is 13.7. The Hall–Kier alpha value is -5.18. The number of carbonyl (C=O) groups excluding carboxylic acids is 1. The fraction of sp³-hybridized carbons (Fsp3) is 0.300. The molecule has 3 heterocycles. The average molecular weight is 634 g/mol. The molecule has 236 valence electrons. The summed E-state index contributed by atoms with van der Waals surface area (Å²) in [6.07, 6.45) is 6.03. The van der Waals surface area contributed by atoms with Crippen molar-refractivity contribution in [2.45, 2.75) is 32.7 Å². The van der Waals surface area contributed by atoms with Crippen LogP contribution in [0.4, 0.5) is 17.3 Å². The molecule has 0 saturated carbocycles. The number of ether oxygens (including phenoxy) is 2. The van der Waals surface area contributed by atoms with E-state index >= 15 is 0 Å². The van der Waals surface area contributed by atoms with Crippen LogP contribution in [0.3, 0.4) is 0 Å². The Morgan fingerprint density at radius 3 is 2.53 bits per heavy atom. The highest BCUT2D eigenvalue weighted by molar-refractivity contribution is 7.92. The van der Waals surface area contributed by atoms with Gasteiger partial charge in [0, 0.05) is 37.4 Å². The van der Waals surface area contributed by atoms with E-state index in [-0.39, 0.29) is 16.9 Å². The molecule has 0 bridgehead atoms. The summed E-state index contributed by atoms with van der Waals surface area (Å²) in [7, 11) is -0.439. The molecular formula is C30H35N9O5S. The van der Waals surface area contributed by atoms with Gasteiger partial charge in [0.1, 0.15) is 5.69 Å². The number of nitrogens with one attached hydrogen (secondary N) is 3. The number of sulfonamides is 1. The minimum absolute atomic E-state index is 0.194. The highest BCUT2D eigenvalue weighted by atomic mass is 32.2. The molecule has 15 heteroatoms. The number of carbonyl (C=O) groups is 1. The molecule has 0 fully saturated rings. The van der Waals surface area contributed by atoms with Gasteiger partial charge in [-0.15, -0.1) is 5.10 Å². The van der Waals surface area contributed by atoms with E-state index in [1.54, 1.807) is 65.2 Å². The smallest absolute Gasteiger partial charge is 0.272 e. The lowest BCUT2D eigenvalue weighted by Gasteiger charge is -2.24. The SMILES string of the molecule is COc1c(NC(=O)c2cc3cccc(Oc4ccnc(NCCn5ccnn5)n4)c3n2C)cc(C(C)(C)C)cc1NS(C)(=O)=O. The van der Waals surface area contributed by atoms with Crippen LogP contribution in [0.15, 0.2) is 61.1 Å². The molecule has 0 aliphatic heterocycles. The number of benzene rings is 2. The zero-order valence-corrected chi connectivity index (χ0v) is 26.6. The van der Waals surface area contributed by atoms with Gasteiger partial charge in [-0.2, -0.15) is 4.98 Å². The molecule has 1 amide bonds. The van der Waals surface area contributed by atoms with E-state index in [0.717, 1.165) is 17.2 Å². The Bertz CT molecular complexity index is 1950. The molecule has 0 radical (unpaired) electrons. The second kappa shape index (κ2) is 12.4. The van der Waals surface area contributed by atoms with Gasteiger partial charge in [-0.1, -0.05) is 38.1 Å². The van der Waals surface area contributed by atoms with Crippen LogP contribution in [0, 0.1) is 0 Å². The van der Waals surface area contributed by atoms with E-state index in [4.69, 9.17) is 9.47 Å². The summed E-state index contributed by atoms with van der Waals surface area (Å²) >= 11 is 0. The number of hydrogen-bond acceptors (Lipinski definition) is 10. The average Bonchev–Trinajstić information content (AvgIpc) is 3.60. The van der Waals surface area contributed by atoms with Gasteiger partial charge >= 0.3 is 0 Å². The molecule has 2 aromatic carbocycles. The molecule has 0 aliphatic carbocycles. The fourth-order valence-corrected chi connectivity index (χ4v) is 5.30.